The van der Waals surface area contributed by atoms with Gasteiger partial charge in [0.1, 0.15) is 5.75 Å². The molecule has 188 valence electrons. The fraction of sp³-hybridized carbons (Fsp3) is 0.355. The highest BCUT2D eigenvalue weighted by Crippen LogP contribution is 2.38. The zero-order valence-electron chi connectivity index (χ0n) is 21.7. The number of aryl methyl sites for hydroxylation is 1. The van der Waals surface area contributed by atoms with E-state index in [9.17, 15) is 9.59 Å². The zero-order chi connectivity index (χ0) is 25.7. The molecule has 36 heavy (non-hydrogen) atoms. The lowest BCUT2D eigenvalue weighted by atomic mass is 9.87. The fourth-order valence-electron chi connectivity index (χ4n) is 4.90. The highest BCUT2D eigenvalue weighted by Gasteiger charge is 2.32. The van der Waals surface area contributed by atoms with Crippen LogP contribution in [0, 0.1) is 6.92 Å². The Bertz CT molecular complexity index is 1190. The summed E-state index contributed by atoms with van der Waals surface area (Å²) in [5.74, 6) is 0.753. The number of hydrogen-bond acceptors (Lipinski definition) is 3. The Balaban J connectivity index is 1.60. The molecule has 5 heteroatoms. The number of amides is 2. The van der Waals surface area contributed by atoms with Gasteiger partial charge < -0.3 is 14.5 Å². The first-order valence-electron chi connectivity index (χ1n) is 12.9. The van der Waals surface area contributed by atoms with Crippen molar-refractivity contribution in [1.82, 2.24) is 9.80 Å². The summed E-state index contributed by atoms with van der Waals surface area (Å²) < 4.78 is 6.28. The molecule has 0 aromatic heterocycles. The topological polar surface area (TPSA) is 49.9 Å². The molecule has 0 saturated heterocycles. The molecule has 2 amide bonds. The second kappa shape index (κ2) is 11.4. The lowest BCUT2D eigenvalue weighted by Gasteiger charge is -2.38. The molecule has 0 bridgehead atoms. The highest BCUT2D eigenvalue weighted by atomic mass is 16.5. The van der Waals surface area contributed by atoms with E-state index in [-0.39, 0.29) is 17.9 Å². The second-order valence-corrected chi connectivity index (χ2v) is 9.56. The van der Waals surface area contributed by atoms with Crippen molar-refractivity contribution in [1.29, 1.82) is 0 Å². The number of fused-ring (bicyclic) bond motifs is 1. The summed E-state index contributed by atoms with van der Waals surface area (Å²) in [6, 6.07) is 24.3. The Morgan fingerprint density at radius 2 is 1.75 bits per heavy atom. The van der Waals surface area contributed by atoms with E-state index in [1.807, 2.05) is 68.3 Å². The zero-order valence-corrected chi connectivity index (χ0v) is 21.7. The second-order valence-electron chi connectivity index (χ2n) is 9.56. The van der Waals surface area contributed by atoms with Gasteiger partial charge in [-0.15, -0.1) is 0 Å². The summed E-state index contributed by atoms with van der Waals surface area (Å²) in [6.07, 6.45) is 1.26. The summed E-state index contributed by atoms with van der Waals surface area (Å²) in [5.41, 5.74) is 5.65. The number of rotatable bonds is 8. The molecule has 0 unspecified atom stereocenters. The summed E-state index contributed by atoms with van der Waals surface area (Å²) in [6.45, 7) is 7.17. The van der Waals surface area contributed by atoms with Crippen LogP contribution >= 0.6 is 0 Å². The predicted molar refractivity (Wildman–Crippen MR) is 143 cm³/mol. The summed E-state index contributed by atoms with van der Waals surface area (Å²) in [7, 11) is 1.82. The van der Waals surface area contributed by atoms with E-state index >= 15 is 0 Å². The van der Waals surface area contributed by atoms with E-state index in [0.717, 1.165) is 23.1 Å². The third kappa shape index (κ3) is 5.62. The van der Waals surface area contributed by atoms with Crippen molar-refractivity contribution in [2.24, 2.45) is 0 Å². The monoisotopic (exact) mass is 484 g/mol. The van der Waals surface area contributed by atoms with Crippen LogP contribution in [0.4, 0.5) is 0 Å². The molecule has 0 fully saturated rings. The molecule has 3 aromatic rings. The molecule has 0 radical (unpaired) electrons. The third-order valence-corrected chi connectivity index (χ3v) is 6.92. The molecule has 0 saturated carbocycles. The van der Waals surface area contributed by atoms with E-state index in [4.69, 9.17) is 4.74 Å². The van der Waals surface area contributed by atoms with Crippen molar-refractivity contribution < 1.29 is 14.3 Å². The number of carbonyl (C=O) groups is 2. The van der Waals surface area contributed by atoms with Crippen LogP contribution in [0.2, 0.25) is 0 Å². The van der Waals surface area contributed by atoms with E-state index in [1.54, 1.807) is 4.90 Å². The smallest absolute Gasteiger partial charge is 0.263 e. The van der Waals surface area contributed by atoms with Gasteiger partial charge in [0.25, 0.3) is 5.91 Å². The van der Waals surface area contributed by atoms with Crippen LogP contribution in [0.15, 0.2) is 72.8 Å². The van der Waals surface area contributed by atoms with Crippen molar-refractivity contribution in [2.75, 3.05) is 13.6 Å². The molecular weight excluding hydrogens is 448 g/mol. The number of likely N-dealkylation sites (N-methyl/N-ethyl adjacent to an activating group) is 1. The van der Waals surface area contributed by atoms with E-state index in [1.165, 1.54) is 11.1 Å². The van der Waals surface area contributed by atoms with Gasteiger partial charge in [-0.3, -0.25) is 9.59 Å². The van der Waals surface area contributed by atoms with Gasteiger partial charge in [0.2, 0.25) is 5.91 Å². The van der Waals surface area contributed by atoms with Crippen LogP contribution in [0.3, 0.4) is 0 Å². The first kappa shape index (κ1) is 25.5. The molecule has 1 aliphatic heterocycles. The van der Waals surface area contributed by atoms with Gasteiger partial charge in [-0.1, -0.05) is 80.1 Å². The number of ether oxygens (including phenoxy) is 1. The van der Waals surface area contributed by atoms with E-state index < -0.39 is 6.10 Å². The molecule has 0 aliphatic carbocycles. The normalized spacial score (nSPS) is 15.7. The summed E-state index contributed by atoms with van der Waals surface area (Å²) in [5, 5.41) is 0. The van der Waals surface area contributed by atoms with Crippen LogP contribution in [0.5, 0.6) is 5.75 Å². The standard InChI is InChI=1S/C31H36N2O3/c1-5-28(31(35)32(4)21-23-10-8-7-9-11-23)36-26-17-16-24-18-19-33(29(34)6-2)30(27(24)20-26)25-14-12-22(3)13-15-25/h7-17,20,28,30H,5-6,18-19,21H2,1-4H3/t28-,30+/m0/s1. The van der Waals surface area contributed by atoms with Gasteiger partial charge in [0.05, 0.1) is 6.04 Å². The average molecular weight is 485 g/mol. The summed E-state index contributed by atoms with van der Waals surface area (Å²) >= 11 is 0. The first-order valence-corrected chi connectivity index (χ1v) is 12.9. The predicted octanol–water partition coefficient (Wildman–Crippen LogP) is 5.70. The molecule has 4 rings (SSSR count). The third-order valence-electron chi connectivity index (χ3n) is 6.92. The first-order chi connectivity index (χ1) is 17.4. The van der Waals surface area contributed by atoms with Crippen LogP contribution in [0.1, 0.15) is 60.5 Å². The van der Waals surface area contributed by atoms with Crippen molar-refractivity contribution >= 4 is 11.8 Å². The Labute approximate surface area is 214 Å². The van der Waals surface area contributed by atoms with Gasteiger partial charge in [0.15, 0.2) is 6.10 Å². The SMILES string of the molecule is CCC(=O)N1CCc2ccc(O[C@@H](CC)C(=O)N(C)Cc3ccccc3)cc2[C@H]1c1ccc(C)cc1. The Kier molecular flexibility index (Phi) is 8.09. The number of carbonyl (C=O) groups excluding carboxylic acids is 2. The maximum atomic E-state index is 13.2. The van der Waals surface area contributed by atoms with Crippen molar-refractivity contribution in [3.05, 3.63) is 101 Å². The molecule has 1 heterocycles. The Hall–Kier alpha value is -3.60. The van der Waals surface area contributed by atoms with Crippen molar-refractivity contribution in [2.45, 2.75) is 58.7 Å². The van der Waals surface area contributed by atoms with Gasteiger partial charge in [0, 0.05) is 26.6 Å². The Morgan fingerprint density at radius 1 is 1.03 bits per heavy atom. The quantitative estimate of drug-likeness (QED) is 0.412. The van der Waals surface area contributed by atoms with E-state index in [0.29, 0.717) is 31.7 Å². The van der Waals surface area contributed by atoms with Gasteiger partial charge in [-0.25, -0.2) is 0 Å². The molecular formula is C31H36N2O3. The van der Waals surface area contributed by atoms with Crippen LogP contribution in [-0.4, -0.2) is 41.3 Å². The maximum absolute atomic E-state index is 13.2. The lowest BCUT2D eigenvalue weighted by Crippen LogP contribution is -2.40. The molecule has 3 aromatic carbocycles. The van der Waals surface area contributed by atoms with Crippen LogP contribution < -0.4 is 4.74 Å². The molecule has 0 spiro atoms. The average Bonchev–Trinajstić information content (AvgIpc) is 2.91. The molecule has 1 aliphatic rings. The van der Waals surface area contributed by atoms with Crippen LogP contribution in [0.25, 0.3) is 0 Å². The fourth-order valence-corrected chi connectivity index (χ4v) is 4.90. The minimum Gasteiger partial charge on any atom is -0.481 e. The Morgan fingerprint density at radius 3 is 2.42 bits per heavy atom. The number of benzene rings is 3. The number of hydrogen-bond donors (Lipinski definition) is 0. The van der Waals surface area contributed by atoms with Crippen molar-refractivity contribution in [3.63, 3.8) is 0 Å². The van der Waals surface area contributed by atoms with Crippen LogP contribution in [-0.2, 0) is 22.6 Å². The van der Waals surface area contributed by atoms with Gasteiger partial charge in [-0.05, 0) is 54.2 Å². The van der Waals surface area contributed by atoms with Gasteiger partial charge in [-0.2, -0.15) is 0 Å². The molecule has 5 nitrogen and oxygen atoms in total. The van der Waals surface area contributed by atoms with Crippen molar-refractivity contribution in [3.8, 4) is 5.75 Å². The highest BCUT2D eigenvalue weighted by molar-refractivity contribution is 5.81. The lowest BCUT2D eigenvalue weighted by molar-refractivity contribution is -0.138. The van der Waals surface area contributed by atoms with E-state index in [2.05, 4.69) is 37.3 Å². The minimum atomic E-state index is -0.577. The number of nitrogens with zero attached hydrogens (tertiary/aromatic N) is 2. The van der Waals surface area contributed by atoms with Gasteiger partial charge >= 0.3 is 0 Å². The summed E-state index contributed by atoms with van der Waals surface area (Å²) in [4.78, 5) is 29.8. The minimum absolute atomic E-state index is 0.0445. The molecule has 2 atom stereocenters. The largest absolute Gasteiger partial charge is 0.481 e. The maximum Gasteiger partial charge on any atom is 0.263 e. The molecule has 0 N–H and O–H groups in total.